The average Bonchev–Trinajstić information content (AvgIpc) is 2.34. The maximum atomic E-state index is 13.2. The van der Waals surface area contributed by atoms with E-state index >= 15 is 0 Å². The van der Waals surface area contributed by atoms with Crippen molar-refractivity contribution in [1.29, 1.82) is 0 Å². The van der Waals surface area contributed by atoms with E-state index in [4.69, 9.17) is 0 Å². The van der Waals surface area contributed by atoms with E-state index in [1.807, 2.05) is 24.3 Å². The van der Waals surface area contributed by atoms with Crippen LogP contribution >= 0.6 is 35.0 Å². The van der Waals surface area contributed by atoms with Crippen LogP contribution in [0.5, 0.6) is 0 Å². The number of halogens is 3. The average molecular weight is 371 g/mol. The second-order valence-corrected chi connectivity index (χ2v) is 5.14. The summed E-state index contributed by atoms with van der Waals surface area (Å²) in [6.45, 7) is 3.47. The van der Waals surface area contributed by atoms with E-state index in [9.17, 15) is 4.39 Å². The second kappa shape index (κ2) is 7.51. The van der Waals surface area contributed by atoms with E-state index in [2.05, 4.69) is 32.8 Å². The molecule has 1 aliphatic rings. The minimum Gasteiger partial charge on any atom is -0.314 e. The molecular formula is C12H17ClFIN2. The van der Waals surface area contributed by atoms with Gasteiger partial charge < -0.3 is 5.32 Å². The fraction of sp³-hybridized carbons (Fsp3) is 0.500. The van der Waals surface area contributed by atoms with Gasteiger partial charge in [-0.2, -0.15) is 0 Å². The number of rotatable bonds is 3. The van der Waals surface area contributed by atoms with Crippen LogP contribution in [0.3, 0.4) is 0 Å². The molecule has 0 spiro atoms. The Morgan fingerprint density at radius 1 is 1.29 bits per heavy atom. The maximum absolute atomic E-state index is 13.2. The predicted octanol–water partition coefficient (Wildman–Crippen LogP) is 2.63. The highest BCUT2D eigenvalue weighted by Gasteiger charge is 2.23. The number of benzene rings is 1. The van der Waals surface area contributed by atoms with Crippen molar-refractivity contribution in [3.05, 3.63) is 33.4 Å². The van der Waals surface area contributed by atoms with Crippen LogP contribution in [0.1, 0.15) is 11.6 Å². The van der Waals surface area contributed by atoms with Gasteiger partial charge in [-0.1, -0.05) is 18.2 Å². The zero-order chi connectivity index (χ0) is 11.4. The molecule has 2 nitrogen and oxygen atoms in total. The molecule has 0 bridgehead atoms. The molecule has 0 saturated carbocycles. The Morgan fingerprint density at radius 2 is 1.94 bits per heavy atom. The summed E-state index contributed by atoms with van der Waals surface area (Å²) in [4.78, 5) is 2.23. The lowest BCUT2D eigenvalue weighted by atomic mass is 10.1. The molecule has 2 rings (SSSR count). The van der Waals surface area contributed by atoms with Crippen LogP contribution in [0.2, 0.25) is 0 Å². The molecule has 96 valence electrons. The summed E-state index contributed by atoms with van der Waals surface area (Å²) in [5.41, 5.74) is 1.12. The van der Waals surface area contributed by atoms with Gasteiger partial charge in [-0.15, -0.1) is 12.4 Å². The Morgan fingerprint density at radius 3 is 2.53 bits per heavy atom. The number of nitrogens with zero attached hydrogens (tertiary/aromatic N) is 1. The van der Waals surface area contributed by atoms with E-state index in [0.717, 1.165) is 35.3 Å². The van der Waals surface area contributed by atoms with Gasteiger partial charge in [-0.05, 0) is 34.2 Å². The smallest absolute Gasteiger partial charge is 0.109 e. The minimum atomic E-state index is -0.306. The summed E-state index contributed by atoms with van der Waals surface area (Å²) >= 11 is 2.29. The van der Waals surface area contributed by atoms with E-state index in [1.54, 1.807) is 0 Å². The van der Waals surface area contributed by atoms with Crippen molar-refractivity contribution in [2.24, 2.45) is 0 Å². The number of piperazine rings is 1. The molecule has 0 unspecified atom stereocenters. The molecule has 0 amide bonds. The van der Waals surface area contributed by atoms with Crippen LogP contribution in [0.15, 0.2) is 24.3 Å². The molecule has 17 heavy (non-hydrogen) atoms. The van der Waals surface area contributed by atoms with E-state index in [-0.39, 0.29) is 25.1 Å². The molecule has 0 radical (unpaired) electrons. The first-order chi connectivity index (χ1) is 7.83. The van der Waals surface area contributed by atoms with E-state index in [1.165, 1.54) is 0 Å². The quantitative estimate of drug-likeness (QED) is 0.823. The third-order valence-corrected chi connectivity index (χ3v) is 3.99. The van der Waals surface area contributed by atoms with Crippen molar-refractivity contribution >= 4 is 35.0 Å². The maximum Gasteiger partial charge on any atom is 0.109 e. The van der Waals surface area contributed by atoms with Gasteiger partial charge in [0.2, 0.25) is 0 Å². The molecule has 1 aliphatic heterocycles. The van der Waals surface area contributed by atoms with Gasteiger partial charge in [0, 0.05) is 29.7 Å². The fourth-order valence-corrected chi connectivity index (χ4v) is 2.86. The Hall–Kier alpha value is 0.0900. The Balaban J connectivity index is 0.00000144. The highest BCUT2D eigenvalue weighted by molar-refractivity contribution is 14.1. The molecular weight excluding hydrogens is 354 g/mol. The summed E-state index contributed by atoms with van der Waals surface area (Å²) < 4.78 is 14.4. The SMILES string of the molecule is Cl.FC[C@H](c1ccccc1I)N1CCNCC1. The van der Waals surface area contributed by atoms with Gasteiger partial charge in [0.25, 0.3) is 0 Å². The van der Waals surface area contributed by atoms with Gasteiger partial charge in [0.1, 0.15) is 6.67 Å². The van der Waals surface area contributed by atoms with E-state index in [0.29, 0.717) is 0 Å². The van der Waals surface area contributed by atoms with Gasteiger partial charge in [-0.3, -0.25) is 4.90 Å². The predicted molar refractivity (Wildman–Crippen MR) is 79.6 cm³/mol. The number of hydrogen-bond donors (Lipinski definition) is 1. The van der Waals surface area contributed by atoms with Crippen LogP contribution in [-0.4, -0.2) is 37.8 Å². The van der Waals surface area contributed by atoms with Crippen molar-refractivity contribution in [2.75, 3.05) is 32.9 Å². The van der Waals surface area contributed by atoms with Crippen LogP contribution in [-0.2, 0) is 0 Å². The molecule has 1 aromatic carbocycles. The van der Waals surface area contributed by atoms with Gasteiger partial charge in [-0.25, -0.2) is 4.39 Å². The topological polar surface area (TPSA) is 15.3 Å². The fourth-order valence-electron chi connectivity index (χ4n) is 2.12. The summed E-state index contributed by atoms with van der Waals surface area (Å²) in [6.07, 6.45) is 0. The molecule has 1 fully saturated rings. The molecule has 0 aliphatic carbocycles. The van der Waals surface area contributed by atoms with Gasteiger partial charge in [0.05, 0.1) is 6.04 Å². The minimum absolute atomic E-state index is 0. The normalized spacial score (nSPS) is 18.5. The van der Waals surface area contributed by atoms with E-state index < -0.39 is 0 Å². The highest BCUT2D eigenvalue weighted by atomic mass is 127. The number of hydrogen-bond acceptors (Lipinski definition) is 2. The monoisotopic (exact) mass is 370 g/mol. The lowest BCUT2D eigenvalue weighted by Crippen LogP contribution is -2.45. The van der Waals surface area contributed by atoms with Crippen molar-refractivity contribution < 1.29 is 4.39 Å². The zero-order valence-electron chi connectivity index (χ0n) is 9.53. The molecule has 1 aromatic rings. The van der Waals surface area contributed by atoms with Crippen LogP contribution in [0, 0.1) is 3.57 Å². The standard InChI is InChI=1S/C12H16FIN2.ClH/c13-9-12(16-7-5-15-6-8-16)10-3-1-2-4-11(10)14;/h1-4,12,15H,5-9H2;1H/t12-;/m1./s1. The first kappa shape index (κ1) is 15.1. The molecule has 1 heterocycles. The zero-order valence-corrected chi connectivity index (χ0v) is 12.5. The Kier molecular flexibility index (Phi) is 6.69. The third kappa shape index (κ3) is 3.77. The number of nitrogens with one attached hydrogen (secondary N) is 1. The van der Waals surface area contributed by atoms with Gasteiger partial charge in [0.15, 0.2) is 0 Å². The summed E-state index contributed by atoms with van der Waals surface area (Å²) in [5, 5.41) is 3.29. The van der Waals surface area contributed by atoms with Crippen molar-refractivity contribution in [3.8, 4) is 0 Å². The summed E-state index contributed by atoms with van der Waals surface area (Å²) in [5.74, 6) is 0. The molecule has 0 aromatic heterocycles. The van der Waals surface area contributed by atoms with Crippen molar-refractivity contribution in [2.45, 2.75) is 6.04 Å². The van der Waals surface area contributed by atoms with Crippen molar-refractivity contribution in [3.63, 3.8) is 0 Å². The van der Waals surface area contributed by atoms with Crippen LogP contribution < -0.4 is 5.32 Å². The number of alkyl halides is 1. The highest BCUT2D eigenvalue weighted by Crippen LogP contribution is 2.25. The third-order valence-electron chi connectivity index (χ3n) is 3.00. The lowest BCUT2D eigenvalue weighted by molar-refractivity contribution is 0.147. The van der Waals surface area contributed by atoms with Gasteiger partial charge >= 0.3 is 0 Å². The summed E-state index contributed by atoms with van der Waals surface area (Å²) in [6, 6.07) is 7.99. The molecule has 1 atom stereocenters. The lowest BCUT2D eigenvalue weighted by Gasteiger charge is -2.34. The van der Waals surface area contributed by atoms with Crippen LogP contribution in [0.25, 0.3) is 0 Å². The van der Waals surface area contributed by atoms with Crippen molar-refractivity contribution in [1.82, 2.24) is 10.2 Å². The molecule has 5 heteroatoms. The molecule has 1 saturated heterocycles. The first-order valence-electron chi connectivity index (χ1n) is 5.58. The Bertz CT molecular complexity index is 345. The molecule has 1 N–H and O–H groups in total. The second-order valence-electron chi connectivity index (χ2n) is 3.98. The largest absolute Gasteiger partial charge is 0.314 e. The Labute approximate surface area is 122 Å². The summed E-state index contributed by atoms with van der Waals surface area (Å²) in [7, 11) is 0. The van der Waals surface area contributed by atoms with Crippen LogP contribution in [0.4, 0.5) is 4.39 Å². The first-order valence-corrected chi connectivity index (χ1v) is 6.66.